The lowest BCUT2D eigenvalue weighted by atomic mass is 9.88. The van der Waals surface area contributed by atoms with Crippen LogP contribution in [-0.4, -0.2) is 18.0 Å². The van der Waals surface area contributed by atoms with E-state index in [-0.39, 0.29) is 11.8 Å². The van der Waals surface area contributed by atoms with Crippen LogP contribution in [-0.2, 0) is 11.3 Å². The quantitative estimate of drug-likeness (QED) is 0.899. The lowest BCUT2D eigenvalue weighted by Gasteiger charge is -2.19. The van der Waals surface area contributed by atoms with Gasteiger partial charge in [-0.05, 0) is 30.9 Å². The number of hydrogen-bond donors (Lipinski definition) is 2. The summed E-state index contributed by atoms with van der Waals surface area (Å²) in [4.78, 5) is 12.2. The van der Waals surface area contributed by atoms with Gasteiger partial charge >= 0.3 is 0 Å². The Hall–Kier alpha value is -0.870. The van der Waals surface area contributed by atoms with Gasteiger partial charge in [-0.3, -0.25) is 4.79 Å². The Balaban J connectivity index is 1.58. The fraction of sp³-hybridized carbons (Fsp3) is 0.500. The molecule has 1 amide bonds. The Bertz CT molecular complexity index is 463. The molecule has 3 nitrogen and oxygen atoms in total. The normalized spacial score (nSPS) is 29.5. The minimum Gasteiger partial charge on any atom is -0.352 e. The average Bonchev–Trinajstić information content (AvgIpc) is 2.99. The predicted octanol–water partition coefficient (Wildman–Crippen LogP) is 2.21. The van der Waals surface area contributed by atoms with Crippen molar-refractivity contribution in [3.8, 4) is 0 Å². The number of carbonyl (C=O) groups excluding carboxylic acids is 1. The molecule has 3 rings (SSSR count). The summed E-state index contributed by atoms with van der Waals surface area (Å²) in [5, 5.41) is 6.56. The molecule has 0 saturated carbocycles. The molecule has 1 aromatic rings. The van der Waals surface area contributed by atoms with E-state index in [0.29, 0.717) is 18.6 Å². The van der Waals surface area contributed by atoms with Crippen molar-refractivity contribution in [2.45, 2.75) is 37.9 Å². The van der Waals surface area contributed by atoms with Gasteiger partial charge in [0.1, 0.15) is 0 Å². The summed E-state index contributed by atoms with van der Waals surface area (Å²) in [7, 11) is 0. The molecular weight excluding hydrogens is 292 g/mol. The summed E-state index contributed by atoms with van der Waals surface area (Å²) in [5.41, 5.74) is 1.13. The van der Waals surface area contributed by atoms with Gasteiger partial charge in [-0.2, -0.15) is 0 Å². The molecule has 3 atom stereocenters. The van der Waals surface area contributed by atoms with Crippen LogP contribution in [0.4, 0.5) is 0 Å². The number of rotatable bonds is 3. The first-order chi connectivity index (χ1) is 8.74. The molecule has 1 aromatic carbocycles. The summed E-state index contributed by atoms with van der Waals surface area (Å²) in [5.74, 6) is 0.372. The highest BCUT2D eigenvalue weighted by Gasteiger charge is 2.42. The second-order valence-corrected chi connectivity index (χ2v) is 6.05. The van der Waals surface area contributed by atoms with E-state index in [9.17, 15) is 4.79 Å². The van der Waals surface area contributed by atoms with Gasteiger partial charge in [-0.1, -0.05) is 34.1 Å². The van der Waals surface area contributed by atoms with Crippen LogP contribution >= 0.6 is 15.9 Å². The van der Waals surface area contributed by atoms with Crippen molar-refractivity contribution in [2.75, 3.05) is 0 Å². The summed E-state index contributed by atoms with van der Waals surface area (Å²) in [6, 6.07) is 8.99. The van der Waals surface area contributed by atoms with Crippen LogP contribution in [0.3, 0.4) is 0 Å². The van der Waals surface area contributed by atoms with Crippen LogP contribution < -0.4 is 10.6 Å². The van der Waals surface area contributed by atoms with Gasteiger partial charge in [-0.25, -0.2) is 0 Å². The lowest BCUT2D eigenvalue weighted by Crippen LogP contribution is -2.37. The molecule has 2 aliphatic rings. The summed E-state index contributed by atoms with van der Waals surface area (Å²) in [6.07, 6.45) is 3.39. The van der Waals surface area contributed by atoms with Crippen molar-refractivity contribution >= 4 is 21.8 Å². The summed E-state index contributed by atoms with van der Waals surface area (Å²) >= 11 is 3.50. The minimum absolute atomic E-state index is 0.172. The standard InChI is InChI=1S/C14H17BrN2O/c15-12-4-2-1-3-9(12)8-16-14(18)11-7-10-5-6-13(11)17-10/h1-4,10-11,13,17H,5-8H2,(H,16,18). The third kappa shape index (κ3) is 2.31. The maximum Gasteiger partial charge on any atom is 0.225 e. The fourth-order valence-electron chi connectivity index (χ4n) is 3.07. The van der Waals surface area contributed by atoms with E-state index in [1.54, 1.807) is 0 Å². The number of hydrogen-bond acceptors (Lipinski definition) is 2. The Kier molecular flexibility index (Phi) is 3.39. The Morgan fingerprint density at radius 1 is 1.39 bits per heavy atom. The van der Waals surface area contributed by atoms with E-state index < -0.39 is 0 Å². The molecule has 2 aliphatic heterocycles. The highest BCUT2D eigenvalue weighted by Crippen LogP contribution is 2.33. The lowest BCUT2D eigenvalue weighted by molar-refractivity contribution is -0.125. The number of benzene rings is 1. The second-order valence-electron chi connectivity index (χ2n) is 5.20. The smallest absolute Gasteiger partial charge is 0.225 e. The summed E-state index contributed by atoms with van der Waals surface area (Å²) in [6.45, 7) is 0.605. The molecule has 2 fully saturated rings. The number of fused-ring (bicyclic) bond motifs is 2. The van der Waals surface area contributed by atoms with Crippen molar-refractivity contribution in [1.82, 2.24) is 10.6 Å². The van der Waals surface area contributed by atoms with Gasteiger partial charge in [0.05, 0.1) is 5.92 Å². The zero-order valence-corrected chi connectivity index (χ0v) is 11.7. The van der Waals surface area contributed by atoms with Crippen molar-refractivity contribution in [2.24, 2.45) is 5.92 Å². The summed E-state index contributed by atoms with van der Waals surface area (Å²) < 4.78 is 1.05. The van der Waals surface area contributed by atoms with E-state index >= 15 is 0 Å². The molecule has 96 valence electrons. The van der Waals surface area contributed by atoms with Gasteiger partial charge in [0.25, 0.3) is 0 Å². The van der Waals surface area contributed by atoms with Crippen molar-refractivity contribution in [3.63, 3.8) is 0 Å². The van der Waals surface area contributed by atoms with E-state index in [1.165, 1.54) is 6.42 Å². The Morgan fingerprint density at radius 3 is 2.89 bits per heavy atom. The van der Waals surface area contributed by atoms with Gasteiger partial charge in [0.15, 0.2) is 0 Å². The van der Waals surface area contributed by atoms with Crippen molar-refractivity contribution < 1.29 is 4.79 Å². The molecule has 0 aliphatic carbocycles. The van der Waals surface area contributed by atoms with Crippen LogP contribution in [0, 0.1) is 5.92 Å². The minimum atomic E-state index is 0.172. The predicted molar refractivity (Wildman–Crippen MR) is 74.0 cm³/mol. The van der Waals surface area contributed by atoms with Crippen LogP contribution in [0.15, 0.2) is 28.7 Å². The maximum atomic E-state index is 12.2. The van der Waals surface area contributed by atoms with Crippen LogP contribution in [0.5, 0.6) is 0 Å². The fourth-order valence-corrected chi connectivity index (χ4v) is 3.49. The number of nitrogens with one attached hydrogen (secondary N) is 2. The zero-order valence-electron chi connectivity index (χ0n) is 10.2. The average molecular weight is 309 g/mol. The van der Waals surface area contributed by atoms with Crippen LogP contribution in [0.25, 0.3) is 0 Å². The molecule has 2 bridgehead atoms. The monoisotopic (exact) mass is 308 g/mol. The number of carbonyl (C=O) groups is 1. The highest BCUT2D eigenvalue weighted by molar-refractivity contribution is 9.10. The van der Waals surface area contributed by atoms with Crippen molar-refractivity contribution in [3.05, 3.63) is 34.3 Å². The molecule has 0 spiro atoms. The van der Waals surface area contributed by atoms with E-state index in [4.69, 9.17) is 0 Å². The van der Waals surface area contributed by atoms with E-state index in [1.807, 2.05) is 24.3 Å². The first-order valence-electron chi connectivity index (χ1n) is 6.51. The second kappa shape index (κ2) is 5.02. The molecule has 0 radical (unpaired) electrons. The molecule has 2 heterocycles. The van der Waals surface area contributed by atoms with Crippen LogP contribution in [0.2, 0.25) is 0 Å². The Labute approximate surface area is 115 Å². The molecule has 3 unspecified atom stereocenters. The Morgan fingerprint density at radius 2 is 2.22 bits per heavy atom. The van der Waals surface area contributed by atoms with Gasteiger partial charge < -0.3 is 10.6 Å². The molecule has 0 aromatic heterocycles. The van der Waals surface area contributed by atoms with Gasteiger partial charge in [-0.15, -0.1) is 0 Å². The number of halogens is 1. The molecule has 2 saturated heterocycles. The maximum absolute atomic E-state index is 12.2. The molecular formula is C14H17BrN2O. The largest absolute Gasteiger partial charge is 0.352 e. The highest BCUT2D eigenvalue weighted by atomic mass is 79.9. The molecule has 2 N–H and O–H groups in total. The first-order valence-corrected chi connectivity index (χ1v) is 7.30. The topological polar surface area (TPSA) is 41.1 Å². The zero-order chi connectivity index (χ0) is 12.5. The van der Waals surface area contributed by atoms with E-state index in [0.717, 1.165) is 22.9 Å². The van der Waals surface area contributed by atoms with Crippen LogP contribution in [0.1, 0.15) is 24.8 Å². The SMILES string of the molecule is O=C(NCc1ccccc1Br)C1CC2CCC1N2. The van der Waals surface area contributed by atoms with E-state index in [2.05, 4.69) is 26.6 Å². The third-order valence-corrected chi connectivity index (χ3v) is 4.82. The number of amides is 1. The third-order valence-electron chi connectivity index (χ3n) is 4.05. The first kappa shape index (κ1) is 12.2. The molecule has 18 heavy (non-hydrogen) atoms. The molecule has 4 heteroatoms. The van der Waals surface area contributed by atoms with Gasteiger partial charge in [0.2, 0.25) is 5.91 Å². The van der Waals surface area contributed by atoms with Gasteiger partial charge in [0, 0.05) is 23.1 Å². The van der Waals surface area contributed by atoms with Crippen molar-refractivity contribution in [1.29, 1.82) is 0 Å².